The van der Waals surface area contributed by atoms with Gasteiger partial charge in [0.2, 0.25) is 0 Å². The minimum Gasteiger partial charge on any atom is -0.465 e. The largest absolute Gasteiger partial charge is 0.465 e. The van der Waals surface area contributed by atoms with Crippen molar-refractivity contribution in [3.05, 3.63) is 17.8 Å². The topological polar surface area (TPSA) is 68.5 Å². The van der Waals surface area contributed by atoms with Crippen LogP contribution in [0.4, 0.5) is 11.5 Å². The van der Waals surface area contributed by atoms with Crippen LogP contribution in [0.3, 0.4) is 0 Å². The summed E-state index contributed by atoms with van der Waals surface area (Å²) in [5.41, 5.74) is 6.64. The Bertz CT molecular complexity index is 458. The Morgan fingerprint density at radius 1 is 1.58 bits per heavy atom. The van der Waals surface area contributed by atoms with Crippen LogP contribution in [0.15, 0.2) is 12.3 Å². The number of nitrogens with zero attached hydrogens (tertiary/aromatic N) is 2. The molecule has 0 atom stereocenters. The number of hydrogen-bond acceptors (Lipinski definition) is 5. The highest BCUT2D eigenvalue weighted by Crippen LogP contribution is 2.29. The number of anilines is 2. The zero-order chi connectivity index (χ0) is 13.8. The lowest BCUT2D eigenvalue weighted by molar-refractivity contribution is 0.0601. The highest BCUT2D eigenvalue weighted by atomic mass is 16.5. The van der Waals surface area contributed by atoms with E-state index in [2.05, 4.69) is 16.8 Å². The maximum atomic E-state index is 11.8. The van der Waals surface area contributed by atoms with Gasteiger partial charge in [0.1, 0.15) is 11.4 Å². The van der Waals surface area contributed by atoms with Gasteiger partial charge >= 0.3 is 5.97 Å². The molecule has 5 nitrogen and oxygen atoms in total. The summed E-state index contributed by atoms with van der Waals surface area (Å²) in [6.07, 6.45) is 5.42. The molecule has 19 heavy (non-hydrogen) atoms. The van der Waals surface area contributed by atoms with E-state index in [0.717, 1.165) is 13.1 Å². The lowest BCUT2D eigenvalue weighted by Gasteiger charge is -2.33. The van der Waals surface area contributed by atoms with Crippen LogP contribution in [0.25, 0.3) is 0 Å². The lowest BCUT2D eigenvalue weighted by Crippen LogP contribution is -2.34. The molecule has 1 fully saturated rings. The zero-order valence-corrected chi connectivity index (χ0v) is 11.6. The van der Waals surface area contributed by atoms with Crippen LogP contribution in [0.5, 0.6) is 0 Å². The number of hydrogen-bond donors (Lipinski definition) is 1. The molecule has 0 saturated heterocycles. The average molecular weight is 263 g/mol. The van der Waals surface area contributed by atoms with Crippen molar-refractivity contribution in [1.29, 1.82) is 0 Å². The van der Waals surface area contributed by atoms with Gasteiger partial charge in [-0.15, -0.1) is 0 Å². The van der Waals surface area contributed by atoms with Gasteiger partial charge in [0.15, 0.2) is 0 Å². The van der Waals surface area contributed by atoms with Crippen LogP contribution in [-0.2, 0) is 4.74 Å². The van der Waals surface area contributed by atoms with Crippen molar-refractivity contribution >= 4 is 17.5 Å². The summed E-state index contributed by atoms with van der Waals surface area (Å²) < 4.78 is 4.81. The summed E-state index contributed by atoms with van der Waals surface area (Å²) in [6, 6.07) is 1.64. The van der Waals surface area contributed by atoms with Crippen molar-refractivity contribution in [3.8, 4) is 0 Å². The maximum Gasteiger partial charge on any atom is 0.341 e. The summed E-state index contributed by atoms with van der Waals surface area (Å²) >= 11 is 0. The summed E-state index contributed by atoms with van der Waals surface area (Å²) in [5.74, 6) is 1.00. The normalized spacial score (nSPS) is 14.8. The quantitative estimate of drug-likeness (QED) is 0.824. The van der Waals surface area contributed by atoms with E-state index in [0.29, 0.717) is 23.0 Å². The van der Waals surface area contributed by atoms with Crippen molar-refractivity contribution in [2.24, 2.45) is 5.92 Å². The van der Waals surface area contributed by atoms with E-state index in [1.54, 1.807) is 12.3 Å². The number of carbonyl (C=O) groups is 1. The van der Waals surface area contributed by atoms with Crippen LogP contribution in [0.1, 0.15) is 36.5 Å². The van der Waals surface area contributed by atoms with E-state index < -0.39 is 0 Å². The second kappa shape index (κ2) is 5.91. The second-order valence-electron chi connectivity index (χ2n) is 4.97. The predicted molar refractivity (Wildman–Crippen MR) is 75.2 cm³/mol. The van der Waals surface area contributed by atoms with E-state index in [-0.39, 0.29) is 5.97 Å². The van der Waals surface area contributed by atoms with Crippen LogP contribution >= 0.6 is 0 Å². The molecule has 0 spiro atoms. The van der Waals surface area contributed by atoms with Gasteiger partial charge in [-0.2, -0.15) is 0 Å². The number of ether oxygens (including phenoxy) is 1. The molecule has 5 heteroatoms. The summed E-state index contributed by atoms with van der Waals surface area (Å²) in [5, 5.41) is 0. The first-order valence-corrected chi connectivity index (χ1v) is 6.74. The van der Waals surface area contributed by atoms with Crippen LogP contribution < -0.4 is 10.6 Å². The molecule has 1 aromatic rings. The highest BCUT2D eigenvalue weighted by molar-refractivity contribution is 5.95. The van der Waals surface area contributed by atoms with Crippen molar-refractivity contribution in [2.45, 2.75) is 26.2 Å². The first-order valence-electron chi connectivity index (χ1n) is 6.74. The van der Waals surface area contributed by atoms with E-state index >= 15 is 0 Å². The fraction of sp³-hybridized carbons (Fsp3) is 0.571. The number of rotatable bonds is 5. The van der Waals surface area contributed by atoms with Gasteiger partial charge in [-0.05, 0) is 31.7 Å². The fourth-order valence-corrected chi connectivity index (χ4v) is 2.34. The number of methoxy groups -OCH3 is 1. The first-order chi connectivity index (χ1) is 9.15. The van der Waals surface area contributed by atoms with Crippen LogP contribution in [-0.4, -0.2) is 31.2 Å². The highest BCUT2D eigenvalue weighted by Gasteiger charge is 2.24. The molecule has 1 aliphatic rings. The van der Waals surface area contributed by atoms with Crippen molar-refractivity contribution in [2.75, 3.05) is 30.8 Å². The number of nitrogen functional groups attached to an aromatic ring is 1. The lowest BCUT2D eigenvalue weighted by atomic mass is 9.85. The molecule has 1 saturated carbocycles. The molecule has 0 radical (unpaired) electrons. The van der Waals surface area contributed by atoms with Crippen molar-refractivity contribution in [3.63, 3.8) is 0 Å². The van der Waals surface area contributed by atoms with Crippen LogP contribution in [0, 0.1) is 5.92 Å². The zero-order valence-electron chi connectivity index (χ0n) is 11.6. The van der Waals surface area contributed by atoms with E-state index in [1.165, 1.54) is 26.4 Å². The third kappa shape index (κ3) is 2.97. The van der Waals surface area contributed by atoms with Crippen molar-refractivity contribution < 1.29 is 9.53 Å². The Morgan fingerprint density at radius 3 is 2.84 bits per heavy atom. The molecule has 0 aliphatic heterocycles. The molecule has 0 amide bonds. The molecule has 2 rings (SSSR count). The Balaban J connectivity index is 2.26. The van der Waals surface area contributed by atoms with Gasteiger partial charge < -0.3 is 15.4 Å². The van der Waals surface area contributed by atoms with Crippen molar-refractivity contribution in [1.82, 2.24) is 4.98 Å². The molecule has 2 N–H and O–H groups in total. The molecule has 1 heterocycles. The first kappa shape index (κ1) is 13.6. The third-order valence-corrected chi connectivity index (χ3v) is 3.68. The Kier molecular flexibility index (Phi) is 4.24. The Morgan fingerprint density at radius 2 is 2.32 bits per heavy atom. The van der Waals surface area contributed by atoms with Gasteiger partial charge in [-0.1, -0.05) is 6.42 Å². The van der Waals surface area contributed by atoms with Crippen LogP contribution in [0.2, 0.25) is 0 Å². The van der Waals surface area contributed by atoms with Gasteiger partial charge in [-0.3, -0.25) is 0 Å². The maximum absolute atomic E-state index is 11.8. The molecular formula is C14H21N3O2. The monoisotopic (exact) mass is 263 g/mol. The second-order valence-corrected chi connectivity index (χ2v) is 4.97. The number of esters is 1. The number of nitrogens with two attached hydrogens (primary N) is 1. The molecule has 1 aromatic heterocycles. The number of pyridine rings is 1. The van der Waals surface area contributed by atoms with Gasteiger partial charge in [0.25, 0.3) is 0 Å². The molecule has 0 aromatic carbocycles. The Hall–Kier alpha value is -1.78. The van der Waals surface area contributed by atoms with E-state index in [9.17, 15) is 4.79 Å². The molecule has 1 aliphatic carbocycles. The minimum absolute atomic E-state index is 0.387. The average Bonchev–Trinajstić information content (AvgIpc) is 2.37. The van der Waals surface area contributed by atoms with Gasteiger partial charge in [-0.25, -0.2) is 9.78 Å². The molecule has 0 bridgehead atoms. The molecular weight excluding hydrogens is 242 g/mol. The SMILES string of the molecule is CCN(CC1CCC1)c1ncc(N)cc1C(=O)OC. The van der Waals surface area contributed by atoms with Gasteiger partial charge in [0.05, 0.1) is 19.0 Å². The summed E-state index contributed by atoms with van der Waals surface area (Å²) in [6.45, 7) is 3.83. The third-order valence-electron chi connectivity index (χ3n) is 3.68. The predicted octanol–water partition coefficient (Wildman–Crippen LogP) is 2.08. The Labute approximate surface area is 113 Å². The summed E-state index contributed by atoms with van der Waals surface area (Å²) in [7, 11) is 1.37. The standard InChI is InChI=1S/C14H21N3O2/c1-3-17(9-10-5-4-6-10)13-12(14(18)19-2)7-11(15)8-16-13/h7-8,10H,3-6,9,15H2,1-2H3. The van der Waals surface area contributed by atoms with E-state index in [1.807, 2.05) is 0 Å². The molecule has 0 unspecified atom stereocenters. The van der Waals surface area contributed by atoms with Gasteiger partial charge in [0, 0.05) is 13.1 Å². The fourth-order valence-electron chi connectivity index (χ4n) is 2.34. The smallest absolute Gasteiger partial charge is 0.341 e. The molecule has 104 valence electrons. The minimum atomic E-state index is -0.387. The number of aromatic nitrogens is 1. The van der Waals surface area contributed by atoms with E-state index in [4.69, 9.17) is 10.5 Å². The summed E-state index contributed by atoms with van der Waals surface area (Å²) in [4.78, 5) is 18.3. The number of carbonyl (C=O) groups excluding carboxylic acids is 1.